The van der Waals surface area contributed by atoms with E-state index in [1.165, 1.54) is 27.3 Å². The highest BCUT2D eigenvalue weighted by Gasteiger charge is 1.98. The van der Waals surface area contributed by atoms with Crippen molar-refractivity contribution in [3.05, 3.63) is 24.4 Å². The van der Waals surface area contributed by atoms with Gasteiger partial charge in [0.2, 0.25) is 0 Å². The Balaban J connectivity index is 2.37. The summed E-state index contributed by atoms with van der Waals surface area (Å²) in [5.41, 5.74) is 1.17. The summed E-state index contributed by atoms with van der Waals surface area (Å²) in [6.07, 6.45) is 1.91. The van der Waals surface area contributed by atoms with Crippen LogP contribution < -0.4 is 5.32 Å². The van der Waals surface area contributed by atoms with Gasteiger partial charge in [-0.1, -0.05) is 0 Å². The van der Waals surface area contributed by atoms with Gasteiger partial charge in [0.1, 0.15) is 0 Å². The molecule has 0 saturated carbocycles. The van der Waals surface area contributed by atoms with Crippen molar-refractivity contribution < 1.29 is 0 Å². The van der Waals surface area contributed by atoms with Crippen LogP contribution in [0.15, 0.2) is 24.4 Å². The normalized spacial score (nSPS) is 11.0. The van der Waals surface area contributed by atoms with Crippen LogP contribution >= 0.6 is 11.5 Å². The van der Waals surface area contributed by atoms with Gasteiger partial charge in [0, 0.05) is 23.3 Å². The van der Waals surface area contributed by atoms with Gasteiger partial charge in [-0.2, -0.15) is 4.37 Å². The molecule has 2 nitrogen and oxygen atoms in total. The SMILES string of the molecule is CC(C)Nc1ccc2sncc2c1. The molecule has 0 aliphatic heterocycles. The van der Waals surface area contributed by atoms with Crippen LogP contribution in [0.4, 0.5) is 5.69 Å². The maximum absolute atomic E-state index is 4.14. The van der Waals surface area contributed by atoms with E-state index in [2.05, 4.69) is 41.7 Å². The van der Waals surface area contributed by atoms with Gasteiger partial charge >= 0.3 is 0 Å². The Morgan fingerprint density at radius 3 is 3.00 bits per heavy atom. The van der Waals surface area contributed by atoms with Crippen LogP contribution in [-0.4, -0.2) is 10.4 Å². The number of aromatic nitrogens is 1. The summed E-state index contributed by atoms with van der Waals surface area (Å²) in [6.45, 7) is 4.27. The Hall–Kier alpha value is -1.09. The lowest BCUT2D eigenvalue weighted by Crippen LogP contribution is -2.09. The molecule has 1 heterocycles. The average molecular weight is 192 g/mol. The van der Waals surface area contributed by atoms with Crippen LogP contribution in [0.2, 0.25) is 0 Å². The molecule has 1 aromatic heterocycles. The Morgan fingerprint density at radius 1 is 1.38 bits per heavy atom. The van der Waals surface area contributed by atoms with Gasteiger partial charge in [-0.15, -0.1) is 0 Å². The molecule has 0 unspecified atom stereocenters. The van der Waals surface area contributed by atoms with Crippen molar-refractivity contribution in [3.8, 4) is 0 Å². The maximum atomic E-state index is 4.14. The third kappa shape index (κ3) is 1.80. The molecule has 0 saturated heterocycles. The second kappa shape index (κ2) is 3.34. The van der Waals surface area contributed by atoms with Crippen molar-refractivity contribution in [2.24, 2.45) is 0 Å². The molecule has 0 bridgehead atoms. The zero-order valence-electron chi connectivity index (χ0n) is 7.74. The standard InChI is InChI=1S/C10H12N2S/c1-7(2)12-9-3-4-10-8(5-9)6-11-13-10/h3-7,12H,1-2H3. The highest BCUT2D eigenvalue weighted by atomic mass is 32.1. The number of benzene rings is 1. The van der Waals surface area contributed by atoms with E-state index in [1.807, 2.05) is 6.20 Å². The van der Waals surface area contributed by atoms with Crippen LogP contribution in [0.25, 0.3) is 10.1 Å². The predicted molar refractivity (Wildman–Crippen MR) is 58.4 cm³/mol. The molecule has 0 aliphatic rings. The minimum Gasteiger partial charge on any atom is -0.383 e. The number of hydrogen-bond acceptors (Lipinski definition) is 3. The average Bonchev–Trinajstić information content (AvgIpc) is 2.49. The first-order chi connectivity index (χ1) is 6.25. The van der Waals surface area contributed by atoms with Crippen molar-refractivity contribution in [2.45, 2.75) is 19.9 Å². The summed E-state index contributed by atoms with van der Waals surface area (Å²) in [4.78, 5) is 0. The third-order valence-corrected chi connectivity index (χ3v) is 2.59. The summed E-state index contributed by atoms with van der Waals surface area (Å²) in [5.74, 6) is 0. The molecular weight excluding hydrogens is 180 g/mol. The molecule has 3 heteroatoms. The lowest BCUT2D eigenvalue weighted by molar-refractivity contribution is 0.900. The minimum absolute atomic E-state index is 0.476. The molecule has 0 spiro atoms. The lowest BCUT2D eigenvalue weighted by atomic mass is 10.2. The van der Waals surface area contributed by atoms with Gasteiger partial charge < -0.3 is 5.32 Å². The van der Waals surface area contributed by atoms with Gasteiger partial charge in [0.15, 0.2) is 0 Å². The highest BCUT2D eigenvalue weighted by Crippen LogP contribution is 2.22. The number of nitrogens with zero attached hydrogens (tertiary/aromatic N) is 1. The van der Waals surface area contributed by atoms with Gasteiger partial charge in [-0.3, -0.25) is 0 Å². The first-order valence-corrected chi connectivity index (χ1v) is 5.14. The zero-order valence-corrected chi connectivity index (χ0v) is 8.56. The van der Waals surface area contributed by atoms with Crippen molar-refractivity contribution in [1.82, 2.24) is 4.37 Å². The molecule has 0 fully saturated rings. The van der Waals surface area contributed by atoms with Crippen LogP contribution in [0.3, 0.4) is 0 Å². The van der Waals surface area contributed by atoms with E-state index in [9.17, 15) is 0 Å². The number of anilines is 1. The minimum atomic E-state index is 0.476. The third-order valence-electron chi connectivity index (χ3n) is 1.81. The van der Waals surface area contributed by atoms with Gasteiger partial charge in [0.25, 0.3) is 0 Å². The molecule has 68 valence electrons. The van der Waals surface area contributed by atoms with E-state index in [-0.39, 0.29) is 0 Å². The molecular formula is C10H12N2S. The smallest absolute Gasteiger partial charge is 0.0551 e. The quantitative estimate of drug-likeness (QED) is 0.790. The van der Waals surface area contributed by atoms with Crippen LogP contribution in [0.5, 0.6) is 0 Å². The van der Waals surface area contributed by atoms with Crippen molar-refractivity contribution in [3.63, 3.8) is 0 Å². The second-order valence-corrected chi connectivity index (χ2v) is 4.21. The monoisotopic (exact) mass is 192 g/mol. The number of nitrogens with one attached hydrogen (secondary N) is 1. The Morgan fingerprint density at radius 2 is 2.23 bits per heavy atom. The van der Waals surface area contributed by atoms with Crippen molar-refractivity contribution in [2.75, 3.05) is 5.32 Å². The molecule has 0 atom stereocenters. The fourth-order valence-electron chi connectivity index (χ4n) is 1.30. The van der Waals surface area contributed by atoms with E-state index >= 15 is 0 Å². The van der Waals surface area contributed by atoms with Crippen molar-refractivity contribution >= 4 is 27.3 Å². The largest absolute Gasteiger partial charge is 0.383 e. The Kier molecular flexibility index (Phi) is 2.19. The number of fused-ring (bicyclic) bond motifs is 1. The number of hydrogen-bond donors (Lipinski definition) is 1. The van der Waals surface area contributed by atoms with E-state index in [4.69, 9.17) is 0 Å². The number of rotatable bonds is 2. The van der Waals surface area contributed by atoms with Gasteiger partial charge in [0.05, 0.1) is 4.70 Å². The Bertz CT molecular complexity index is 406. The second-order valence-electron chi connectivity index (χ2n) is 3.38. The summed E-state index contributed by atoms with van der Waals surface area (Å²) < 4.78 is 5.38. The van der Waals surface area contributed by atoms with E-state index < -0.39 is 0 Å². The Labute approximate surface area is 81.8 Å². The van der Waals surface area contributed by atoms with Crippen LogP contribution in [-0.2, 0) is 0 Å². The molecule has 0 radical (unpaired) electrons. The molecule has 2 aromatic rings. The zero-order chi connectivity index (χ0) is 9.26. The molecule has 0 aliphatic carbocycles. The summed E-state index contributed by atoms with van der Waals surface area (Å²) in [7, 11) is 0. The van der Waals surface area contributed by atoms with E-state index in [1.54, 1.807) is 0 Å². The predicted octanol–water partition coefficient (Wildman–Crippen LogP) is 3.12. The maximum Gasteiger partial charge on any atom is 0.0551 e. The molecule has 1 aromatic carbocycles. The van der Waals surface area contributed by atoms with E-state index in [0.29, 0.717) is 6.04 Å². The molecule has 1 N–H and O–H groups in total. The highest BCUT2D eigenvalue weighted by molar-refractivity contribution is 7.13. The summed E-state index contributed by atoms with van der Waals surface area (Å²) >= 11 is 1.54. The van der Waals surface area contributed by atoms with E-state index in [0.717, 1.165) is 0 Å². The van der Waals surface area contributed by atoms with Crippen LogP contribution in [0, 0.1) is 0 Å². The first-order valence-electron chi connectivity index (χ1n) is 4.36. The molecule has 13 heavy (non-hydrogen) atoms. The fourth-order valence-corrected chi connectivity index (χ4v) is 1.92. The fraction of sp³-hybridized carbons (Fsp3) is 0.300. The summed E-state index contributed by atoms with van der Waals surface area (Å²) in [5, 5.41) is 4.58. The van der Waals surface area contributed by atoms with Crippen molar-refractivity contribution in [1.29, 1.82) is 0 Å². The van der Waals surface area contributed by atoms with Crippen LogP contribution in [0.1, 0.15) is 13.8 Å². The van der Waals surface area contributed by atoms with Gasteiger partial charge in [-0.05, 0) is 43.6 Å². The topological polar surface area (TPSA) is 24.9 Å². The molecule has 0 amide bonds. The molecule has 2 rings (SSSR count). The lowest BCUT2D eigenvalue weighted by Gasteiger charge is -2.09. The first kappa shape index (κ1) is 8.51. The van der Waals surface area contributed by atoms with Gasteiger partial charge in [-0.25, -0.2) is 0 Å². The summed E-state index contributed by atoms with van der Waals surface area (Å²) in [6, 6.07) is 6.82.